The van der Waals surface area contributed by atoms with Gasteiger partial charge in [0.15, 0.2) is 0 Å². The zero-order chi connectivity index (χ0) is 15.0. The Balaban J connectivity index is 2.12. The number of nitrogens with zero attached hydrogens (tertiary/aromatic N) is 2. The van der Waals surface area contributed by atoms with Gasteiger partial charge in [0.25, 0.3) is 10.0 Å². The Morgan fingerprint density at radius 3 is 2.81 bits per heavy atom. The summed E-state index contributed by atoms with van der Waals surface area (Å²) in [5.74, 6) is -1.36. The minimum Gasteiger partial charge on any atom is -0.263 e. The minimum absolute atomic E-state index is 0.211. The molecule has 0 radical (unpaired) electrons. The molecule has 3 rings (SSSR count). The molecular formula is C13H10F2N2O2S2. The number of sulfonamides is 1. The van der Waals surface area contributed by atoms with Crippen molar-refractivity contribution in [2.24, 2.45) is 0 Å². The van der Waals surface area contributed by atoms with Gasteiger partial charge in [-0.3, -0.25) is 9.29 Å². The molecule has 0 spiro atoms. The maximum absolute atomic E-state index is 13.8. The van der Waals surface area contributed by atoms with E-state index in [1.807, 2.05) is 0 Å². The topological polar surface area (TPSA) is 50.3 Å². The van der Waals surface area contributed by atoms with Crippen LogP contribution in [0.25, 0.3) is 0 Å². The molecule has 0 atom stereocenters. The average molecular weight is 328 g/mol. The second kappa shape index (κ2) is 5.27. The van der Waals surface area contributed by atoms with Crippen molar-refractivity contribution < 1.29 is 17.2 Å². The lowest BCUT2D eigenvalue weighted by Gasteiger charge is -2.29. The highest BCUT2D eigenvalue weighted by molar-refractivity contribution is 8.00. The normalized spacial score (nSPS) is 14.9. The summed E-state index contributed by atoms with van der Waals surface area (Å²) in [6.07, 6.45) is 3.00. The van der Waals surface area contributed by atoms with Gasteiger partial charge in [0.1, 0.15) is 16.5 Å². The third-order valence-electron chi connectivity index (χ3n) is 3.04. The SMILES string of the molecule is O=S(=O)(c1ccc(F)cc1F)N1CCSc2ccncc21. The molecule has 0 fully saturated rings. The van der Waals surface area contributed by atoms with Crippen LogP contribution in [0.1, 0.15) is 0 Å². The van der Waals surface area contributed by atoms with Gasteiger partial charge in [-0.2, -0.15) is 0 Å². The molecule has 0 bridgehead atoms. The van der Waals surface area contributed by atoms with Gasteiger partial charge >= 0.3 is 0 Å². The van der Waals surface area contributed by atoms with Gasteiger partial charge in [-0.15, -0.1) is 11.8 Å². The van der Waals surface area contributed by atoms with Crippen molar-refractivity contribution >= 4 is 27.5 Å². The van der Waals surface area contributed by atoms with E-state index in [1.54, 1.807) is 12.3 Å². The molecule has 1 aromatic heterocycles. The van der Waals surface area contributed by atoms with E-state index in [9.17, 15) is 17.2 Å². The lowest BCUT2D eigenvalue weighted by molar-refractivity contribution is 0.547. The Bertz CT molecular complexity index is 797. The number of aromatic nitrogens is 1. The first kappa shape index (κ1) is 14.3. The molecule has 0 N–H and O–H groups in total. The second-order valence-corrected chi connectivity index (χ2v) is 7.31. The number of pyridine rings is 1. The number of hydrogen-bond acceptors (Lipinski definition) is 4. The number of hydrogen-bond donors (Lipinski definition) is 0. The molecule has 0 saturated carbocycles. The van der Waals surface area contributed by atoms with Crippen LogP contribution in [0, 0.1) is 11.6 Å². The lowest BCUT2D eigenvalue weighted by atomic mass is 10.3. The molecule has 1 aliphatic heterocycles. The van der Waals surface area contributed by atoms with Crippen LogP contribution in [-0.4, -0.2) is 25.7 Å². The summed E-state index contributed by atoms with van der Waals surface area (Å²) in [4.78, 5) is 4.15. The lowest BCUT2D eigenvalue weighted by Crippen LogP contribution is -2.36. The molecule has 8 heteroatoms. The maximum atomic E-state index is 13.8. The Morgan fingerprint density at radius 2 is 2.05 bits per heavy atom. The first-order valence-electron chi connectivity index (χ1n) is 6.05. The maximum Gasteiger partial charge on any atom is 0.267 e. The number of rotatable bonds is 2. The predicted molar refractivity (Wildman–Crippen MR) is 75.9 cm³/mol. The summed E-state index contributed by atoms with van der Waals surface area (Å²) in [6, 6.07) is 4.15. The highest BCUT2D eigenvalue weighted by Gasteiger charge is 2.31. The molecule has 4 nitrogen and oxygen atoms in total. The highest BCUT2D eigenvalue weighted by atomic mass is 32.2. The fourth-order valence-electron chi connectivity index (χ4n) is 2.09. The molecule has 110 valence electrons. The van der Waals surface area contributed by atoms with E-state index in [-0.39, 0.29) is 6.54 Å². The van der Waals surface area contributed by atoms with E-state index < -0.39 is 26.6 Å². The third-order valence-corrected chi connectivity index (χ3v) is 5.93. The highest BCUT2D eigenvalue weighted by Crippen LogP contribution is 2.37. The van der Waals surface area contributed by atoms with Crippen LogP contribution < -0.4 is 4.31 Å². The Kier molecular flexibility index (Phi) is 3.58. The number of halogens is 2. The van der Waals surface area contributed by atoms with Crippen LogP contribution in [0.4, 0.5) is 14.5 Å². The molecule has 21 heavy (non-hydrogen) atoms. The van der Waals surface area contributed by atoms with Crippen LogP contribution in [0.15, 0.2) is 46.5 Å². The largest absolute Gasteiger partial charge is 0.267 e. The quantitative estimate of drug-likeness (QED) is 0.850. The van der Waals surface area contributed by atoms with Gasteiger partial charge in [0, 0.05) is 29.5 Å². The van der Waals surface area contributed by atoms with Crippen molar-refractivity contribution in [3.05, 3.63) is 48.3 Å². The summed E-state index contributed by atoms with van der Waals surface area (Å²) in [6.45, 7) is 0.211. The van der Waals surface area contributed by atoms with E-state index >= 15 is 0 Å². The van der Waals surface area contributed by atoms with Gasteiger partial charge in [0.2, 0.25) is 0 Å². The number of thioether (sulfide) groups is 1. The van der Waals surface area contributed by atoms with E-state index in [0.29, 0.717) is 17.5 Å². The molecule has 0 unspecified atom stereocenters. The van der Waals surface area contributed by atoms with Crippen LogP contribution in [0.5, 0.6) is 0 Å². The molecule has 2 heterocycles. The monoisotopic (exact) mass is 328 g/mol. The van der Waals surface area contributed by atoms with Crippen molar-refractivity contribution in [1.82, 2.24) is 4.98 Å². The Hall–Kier alpha value is -1.67. The number of anilines is 1. The zero-order valence-electron chi connectivity index (χ0n) is 10.7. The van der Waals surface area contributed by atoms with Crippen molar-refractivity contribution in [2.75, 3.05) is 16.6 Å². The van der Waals surface area contributed by atoms with E-state index in [2.05, 4.69) is 4.98 Å². The fourth-order valence-corrected chi connectivity index (χ4v) is 4.75. The van der Waals surface area contributed by atoms with Crippen LogP contribution >= 0.6 is 11.8 Å². The van der Waals surface area contributed by atoms with E-state index in [0.717, 1.165) is 21.3 Å². The van der Waals surface area contributed by atoms with Crippen LogP contribution in [-0.2, 0) is 10.0 Å². The smallest absolute Gasteiger partial charge is 0.263 e. The zero-order valence-corrected chi connectivity index (χ0v) is 12.3. The van der Waals surface area contributed by atoms with Crippen LogP contribution in [0.2, 0.25) is 0 Å². The van der Waals surface area contributed by atoms with Crippen molar-refractivity contribution in [3.8, 4) is 0 Å². The van der Waals surface area contributed by atoms with Crippen molar-refractivity contribution in [1.29, 1.82) is 0 Å². The summed E-state index contributed by atoms with van der Waals surface area (Å²) in [5, 5.41) is 0. The summed E-state index contributed by atoms with van der Waals surface area (Å²) in [5.41, 5.74) is 0.414. The Morgan fingerprint density at radius 1 is 1.24 bits per heavy atom. The second-order valence-electron chi connectivity index (χ2n) is 4.34. The van der Waals surface area contributed by atoms with Gasteiger partial charge in [0.05, 0.1) is 11.9 Å². The number of benzene rings is 1. The minimum atomic E-state index is -4.08. The van der Waals surface area contributed by atoms with Gasteiger partial charge < -0.3 is 0 Å². The molecule has 0 saturated heterocycles. The molecule has 2 aromatic rings. The van der Waals surface area contributed by atoms with Gasteiger partial charge in [-0.1, -0.05) is 0 Å². The summed E-state index contributed by atoms with van der Waals surface area (Å²) >= 11 is 1.51. The van der Waals surface area contributed by atoms with Gasteiger partial charge in [-0.05, 0) is 18.2 Å². The molecular weight excluding hydrogens is 318 g/mol. The molecule has 1 aromatic carbocycles. The fraction of sp³-hybridized carbons (Fsp3) is 0.154. The summed E-state index contributed by atoms with van der Waals surface area (Å²) < 4.78 is 53.1. The van der Waals surface area contributed by atoms with E-state index in [1.165, 1.54) is 18.0 Å². The van der Waals surface area contributed by atoms with Crippen LogP contribution in [0.3, 0.4) is 0 Å². The van der Waals surface area contributed by atoms with E-state index in [4.69, 9.17) is 0 Å². The first-order valence-corrected chi connectivity index (χ1v) is 8.47. The Labute approximate surface area is 124 Å². The van der Waals surface area contributed by atoms with Crippen molar-refractivity contribution in [2.45, 2.75) is 9.79 Å². The van der Waals surface area contributed by atoms with Gasteiger partial charge in [-0.25, -0.2) is 17.2 Å². The third kappa shape index (κ3) is 2.49. The predicted octanol–water partition coefficient (Wildman–Crippen LogP) is 2.66. The summed E-state index contributed by atoms with van der Waals surface area (Å²) in [7, 11) is -4.08. The molecule has 0 amide bonds. The van der Waals surface area contributed by atoms with Crippen molar-refractivity contribution in [3.63, 3.8) is 0 Å². The standard InChI is InChI=1S/C13H10F2N2O2S2/c14-9-1-2-13(10(15)7-9)21(18,19)17-5-6-20-12-3-4-16-8-11(12)17/h1-4,7-8H,5-6H2. The molecule has 0 aliphatic carbocycles. The number of fused-ring (bicyclic) bond motifs is 1. The first-order chi connectivity index (χ1) is 10.00. The molecule has 1 aliphatic rings. The average Bonchev–Trinajstić information content (AvgIpc) is 2.46.